The number of azo groups is 1. The smallest absolute Gasteiger partial charge is 0.296 e. The molecule has 0 atom stereocenters. The fraction of sp³-hybridized carbons (Fsp3) is 0.0769. The Bertz CT molecular complexity index is 820. The van der Waals surface area contributed by atoms with Gasteiger partial charge >= 0.3 is 0 Å². The number of nitrogen functional groups attached to an aromatic ring is 1. The summed E-state index contributed by atoms with van der Waals surface area (Å²) in [7, 11) is -3.12. The Labute approximate surface area is 132 Å². The predicted molar refractivity (Wildman–Crippen MR) is 82.8 cm³/mol. The summed E-state index contributed by atoms with van der Waals surface area (Å²) in [6.45, 7) is 0. The molecule has 0 amide bonds. The molecule has 0 spiro atoms. The normalized spacial score (nSPS) is 11.8. The van der Waals surface area contributed by atoms with Gasteiger partial charge in [0.05, 0.1) is 17.8 Å². The zero-order chi connectivity index (χ0) is 16.3. The van der Waals surface area contributed by atoms with Crippen LogP contribution < -0.4 is 10.5 Å². The van der Waals surface area contributed by atoms with Crippen LogP contribution in [0.2, 0.25) is 5.02 Å². The molecule has 0 fully saturated rings. The Balaban J connectivity index is 2.43. The van der Waals surface area contributed by atoms with Crippen molar-refractivity contribution in [2.75, 3.05) is 12.8 Å². The molecule has 0 saturated carbocycles. The molecule has 0 radical (unpaired) electrons. The van der Waals surface area contributed by atoms with Crippen LogP contribution in [0.3, 0.4) is 0 Å². The maximum Gasteiger partial charge on any atom is 0.296 e. The molecule has 0 aliphatic heterocycles. The summed E-state index contributed by atoms with van der Waals surface area (Å²) >= 11 is 5.83. The van der Waals surface area contributed by atoms with Crippen molar-refractivity contribution in [1.29, 1.82) is 0 Å². The fourth-order valence-electron chi connectivity index (χ4n) is 1.62. The van der Waals surface area contributed by atoms with Gasteiger partial charge in [-0.15, -0.1) is 5.11 Å². The van der Waals surface area contributed by atoms with E-state index in [0.29, 0.717) is 11.4 Å². The number of hydrogen-bond acceptors (Lipinski definition) is 6. The van der Waals surface area contributed by atoms with Crippen molar-refractivity contribution in [3.05, 3.63) is 41.4 Å². The lowest BCUT2D eigenvalue weighted by atomic mass is 10.3. The minimum atomic E-state index is -4.45. The summed E-state index contributed by atoms with van der Waals surface area (Å²) in [4.78, 5) is -0.461. The minimum absolute atomic E-state index is 0.108. The Morgan fingerprint density at radius 3 is 2.36 bits per heavy atom. The van der Waals surface area contributed by atoms with E-state index in [-0.39, 0.29) is 16.5 Å². The topological polar surface area (TPSA) is 114 Å². The maximum atomic E-state index is 11.2. The molecule has 2 rings (SSSR count). The van der Waals surface area contributed by atoms with Gasteiger partial charge in [0.25, 0.3) is 10.1 Å². The molecular formula is C13H12ClN3O4S. The van der Waals surface area contributed by atoms with Crippen LogP contribution in [0.5, 0.6) is 5.75 Å². The van der Waals surface area contributed by atoms with E-state index in [4.69, 9.17) is 26.6 Å². The Morgan fingerprint density at radius 1 is 1.18 bits per heavy atom. The summed E-state index contributed by atoms with van der Waals surface area (Å²) in [5, 5.41) is 7.75. The molecule has 7 nitrogen and oxygen atoms in total. The van der Waals surface area contributed by atoms with Crippen LogP contribution >= 0.6 is 11.6 Å². The molecule has 0 aliphatic rings. The molecule has 22 heavy (non-hydrogen) atoms. The highest BCUT2D eigenvalue weighted by molar-refractivity contribution is 7.86. The van der Waals surface area contributed by atoms with Crippen LogP contribution in [0.15, 0.2) is 51.5 Å². The average molecular weight is 342 g/mol. The molecule has 0 unspecified atom stereocenters. The highest BCUT2D eigenvalue weighted by atomic mass is 35.5. The van der Waals surface area contributed by atoms with Crippen LogP contribution in [0.25, 0.3) is 0 Å². The highest BCUT2D eigenvalue weighted by Crippen LogP contribution is 2.36. The van der Waals surface area contributed by atoms with Crippen LogP contribution in [0.4, 0.5) is 17.1 Å². The summed E-state index contributed by atoms with van der Waals surface area (Å²) in [6.07, 6.45) is 0. The van der Waals surface area contributed by atoms with E-state index in [2.05, 4.69) is 10.2 Å². The van der Waals surface area contributed by atoms with Crippen LogP contribution in [0, 0.1) is 0 Å². The first-order valence-electron chi connectivity index (χ1n) is 5.93. The molecule has 2 aromatic rings. The lowest BCUT2D eigenvalue weighted by molar-refractivity contribution is 0.413. The molecule has 0 aromatic heterocycles. The number of hydrogen-bond donors (Lipinski definition) is 2. The van der Waals surface area contributed by atoms with Gasteiger partial charge in [0.2, 0.25) is 0 Å². The Kier molecular flexibility index (Phi) is 4.65. The predicted octanol–water partition coefficient (Wildman–Crippen LogP) is 3.59. The van der Waals surface area contributed by atoms with E-state index in [9.17, 15) is 8.42 Å². The van der Waals surface area contributed by atoms with Crippen LogP contribution in [-0.4, -0.2) is 20.1 Å². The van der Waals surface area contributed by atoms with Gasteiger partial charge in [-0.2, -0.15) is 13.5 Å². The molecule has 0 bridgehead atoms. The van der Waals surface area contributed by atoms with Crippen molar-refractivity contribution in [3.63, 3.8) is 0 Å². The van der Waals surface area contributed by atoms with Crippen molar-refractivity contribution < 1.29 is 17.7 Å². The lowest BCUT2D eigenvalue weighted by Gasteiger charge is -2.07. The zero-order valence-corrected chi connectivity index (χ0v) is 13.0. The maximum absolute atomic E-state index is 11.2. The summed E-state index contributed by atoms with van der Waals surface area (Å²) in [6, 6.07) is 8.98. The second-order valence-corrected chi connectivity index (χ2v) is 6.02. The first-order chi connectivity index (χ1) is 10.3. The van der Waals surface area contributed by atoms with Gasteiger partial charge in [-0.25, -0.2) is 0 Å². The van der Waals surface area contributed by atoms with E-state index >= 15 is 0 Å². The average Bonchev–Trinajstić information content (AvgIpc) is 2.45. The van der Waals surface area contributed by atoms with Crippen molar-refractivity contribution in [3.8, 4) is 5.75 Å². The third-order valence-corrected chi connectivity index (χ3v) is 4.00. The Morgan fingerprint density at radius 2 is 1.82 bits per heavy atom. The van der Waals surface area contributed by atoms with E-state index in [0.717, 1.165) is 6.07 Å². The van der Waals surface area contributed by atoms with Crippen molar-refractivity contribution in [1.82, 2.24) is 0 Å². The molecule has 9 heteroatoms. The summed E-state index contributed by atoms with van der Waals surface area (Å²) in [5.41, 5.74) is 6.93. The summed E-state index contributed by atoms with van der Waals surface area (Å²) < 4.78 is 36.5. The second-order valence-electron chi connectivity index (χ2n) is 4.22. The number of methoxy groups -OCH3 is 1. The molecular weight excluding hydrogens is 330 g/mol. The van der Waals surface area contributed by atoms with Crippen LogP contribution in [-0.2, 0) is 10.1 Å². The first kappa shape index (κ1) is 16.2. The van der Waals surface area contributed by atoms with Crippen molar-refractivity contribution >= 4 is 38.8 Å². The first-order valence-corrected chi connectivity index (χ1v) is 7.75. The molecule has 2 aromatic carbocycles. The monoisotopic (exact) mass is 341 g/mol. The summed E-state index contributed by atoms with van der Waals surface area (Å²) in [5.74, 6) is 0.108. The Hall–Kier alpha value is -2.16. The number of anilines is 1. The van der Waals surface area contributed by atoms with Gasteiger partial charge in [0.15, 0.2) is 0 Å². The van der Waals surface area contributed by atoms with Crippen molar-refractivity contribution in [2.45, 2.75) is 4.90 Å². The number of benzene rings is 2. The fourth-order valence-corrected chi connectivity index (χ4v) is 2.63. The highest BCUT2D eigenvalue weighted by Gasteiger charge is 2.18. The van der Waals surface area contributed by atoms with E-state index in [1.807, 2.05) is 0 Å². The minimum Gasteiger partial charge on any atom is -0.494 e. The quantitative estimate of drug-likeness (QED) is 0.501. The third kappa shape index (κ3) is 3.73. The molecule has 0 saturated heterocycles. The SMILES string of the molecule is COc1cc(S(=O)(=O)O)c(Cl)cc1N=Nc1ccc(N)cc1. The standard InChI is InChI=1S/C13H12ClN3O4S/c1-21-12-7-13(22(18,19)20)10(14)6-11(12)17-16-9-4-2-8(15)3-5-9/h2-7H,15H2,1H3,(H,18,19,20). The lowest BCUT2D eigenvalue weighted by Crippen LogP contribution is -1.99. The van der Waals surface area contributed by atoms with E-state index in [1.54, 1.807) is 24.3 Å². The second kappa shape index (κ2) is 6.30. The number of ether oxygens (including phenoxy) is 1. The van der Waals surface area contributed by atoms with Gasteiger partial charge in [0.1, 0.15) is 16.3 Å². The molecule has 116 valence electrons. The van der Waals surface area contributed by atoms with Gasteiger partial charge < -0.3 is 10.5 Å². The third-order valence-electron chi connectivity index (χ3n) is 2.68. The van der Waals surface area contributed by atoms with E-state index in [1.165, 1.54) is 13.2 Å². The number of rotatable bonds is 4. The molecule has 0 aliphatic carbocycles. The van der Waals surface area contributed by atoms with Gasteiger partial charge in [-0.3, -0.25) is 4.55 Å². The van der Waals surface area contributed by atoms with Gasteiger partial charge in [-0.05, 0) is 30.3 Å². The molecule has 0 heterocycles. The number of nitrogens with zero attached hydrogens (tertiary/aromatic N) is 2. The number of halogens is 1. The number of nitrogens with two attached hydrogens (primary N) is 1. The van der Waals surface area contributed by atoms with Crippen LogP contribution in [0.1, 0.15) is 0 Å². The van der Waals surface area contributed by atoms with Gasteiger partial charge in [0, 0.05) is 11.8 Å². The zero-order valence-electron chi connectivity index (χ0n) is 11.4. The molecule has 3 N–H and O–H groups in total. The van der Waals surface area contributed by atoms with Gasteiger partial charge in [-0.1, -0.05) is 11.6 Å². The van der Waals surface area contributed by atoms with Crippen molar-refractivity contribution in [2.24, 2.45) is 10.2 Å². The van der Waals surface area contributed by atoms with E-state index < -0.39 is 15.0 Å². The largest absolute Gasteiger partial charge is 0.494 e.